The van der Waals surface area contributed by atoms with E-state index in [1.54, 1.807) is 0 Å². The van der Waals surface area contributed by atoms with Gasteiger partial charge in [0, 0.05) is 11.8 Å². The lowest BCUT2D eigenvalue weighted by atomic mass is 9.80. The third-order valence-corrected chi connectivity index (χ3v) is 6.89. The highest BCUT2D eigenvalue weighted by Gasteiger charge is 2.78. The van der Waals surface area contributed by atoms with E-state index in [-0.39, 0.29) is 30.6 Å². The number of alkyl halides is 2. The van der Waals surface area contributed by atoms with Crippen molar-refractivity contribution < 1.29 is 42.9 Å². The molecule has 4 N–H and O–H groups in total. The fraction of sp³-hybridized carbons (Fsp3) is 0.778. The summed E-state index contributed by atoms with van der Waals surface area (Å²) in [5.74, 6) is -6.21. The molecule has 0 saturated heterocycles. The van der Waals surface area contributed by atoms with Crippen LogP contribution in [0.5, 0.6) is 0 Å². The molecule has 4 saturated carbocycles. The molecule has 4 aliphatic carbocycles. The molecular formula is C18H23F2NO7. The van der Waals surface area contributed by atoms with E-state index in [9.17, 15) is 28.0 Å². The third-order valence-electron chi connectivity index (χ3n) is 6.89. The number of carbonyl (C=O) groups excluding carboxylic acids is 2. The molecule has 9 atom stereocenters. The van der Waals surface area contributed by atoms with Crippen LogP contribution in [-0.4, -0.2) is 57.9 Å². The Morgan fingerprint density at radius 2 is 1.68 bits per heavy atom. The van der Waals surface area contributed by atoms with E-state index in [2.05, 4.69) is 4.74 Å². The van der Waals surface area contributed by atoms with Crippen molar-refractivity contribution in [2.75, 3.05) is 7.11 Å². The molecule has 0 bridgehead atoms. The topological polar surface area (TPSA) is 144 Å². The number of rotatable bonds is 3. The Morgan fingerprint density at radius 3 is 2.07 bits per heavy atom. The lowest BCUT2D eigenvalue weighted by Crippen LogP contribution is -2.62. The second-order valence-electron chi connectivity index (χ2n) is 8.63. The summed E-state index contributed by atoms with van der Waals surface area (Å²) in [7, 11) is 1.29. The number of ketones is 1. The maximum atomic E-state index is 13.9. The molecule has 9 unspecified atom stereocenters. The Kier molecular flexibility index (Phi) is 4.38. The number of nitrogens with two attached hydrogens (primary N) is 1. The van der Waals surface area contributed by atoms with Crippen LogP contribution in [0.2, 0.25) is 0 Å². The average molecular weight is 403 g/mol. The molecule has 4 aliphatic rings. The van der Waals surface area contributed by atoms with Gasteiger partial charge in [-0.3, -0.25) is 19.2 Å². The number of fused-ring (bicyclic) bond motifs is 2. The third kappa shape index (κ3) is 2.64. The molecule has 8 nitrogen and oxygen atoms in total. The fourth-order valence-electron chi connectivity index (χ4n) is 5.24. The predicted octanol–water partition coefficient (Wildman–Crippen LogP) is 0.570. The van der Waals surface area contributed by atoms with Crippen molar-refractivity contribution in [2.45, 2.75) is 43.6 Å². The molecular weight excluding hydrogens is 380 g/mol. The van der Waals surface area contributed by atoms with E-state index in [1.807, 2.05) is 0 Å². The van der Waals surface area contributed by atoms with E-state index in [1.165, 1.54) is 14.0 Å². The highest BCUT2D eigenvalue weighted by molar-refractivity contribution is 6.00. The molecule has 0 radical (unpaired) electrons. The molecule has 4 fully saturated rings. The minimum atomic E-state index is -2.05. The van der Waals surface area contributed by atoms with Crippen LogP contribution in [0.4, 0.5) is 8.78 Å². The van der Waals surface area contributed by atoms with Gasteiger partial charge in [0.15, 0.2) is 17.0 Å². The van der Waals surface area contributed by atoms with Gasteiger partial charge in [-0.2, -0.15) is 0 Å². The minimum absolute atomic E-state index is 0.0859. The van der Waals surface area contributed by atoms with E-state index in [0.717, 1.165) is 6.92 Å². The molecule has 0 heterocycles. The number of hydrogen-bond acceptors (Lipinski definition) is 6. The van der Waals surface area contributed by atoms with Crippen LogP contribution >= 0.6 is 0 Å². The van der Waals surface area contributed by atoms with Crippen LogP contribution < -0.4 is 5.73 Å². The monoisotopic (exact) mass is 403 g/mol. The van der Waals surface area contributed by atoms with Gasteiger partial charge in [-0.25, -0.2) is 8.78 Å². The van der Waals surface area contributed by atoms with Gasteiger partial charge in [0.25, 0.3) is 0 Å². The summed E-state index contributed by atoms with van der Waals surface area (Å²) in [6.07, 6.45) is 0.0910. The maximum Gasteiger partial charge on any atom is 0.327 e. The van der Waals surface area contributed by atoms with Gasteiger partial charge in [-0.15, -0.1) is 0 Å². The number of methoxy groups -OCH3 is 1. The van der Waals surface area contributed by atoms with Gasteiger partial charge in [0.05, 0.1) is 18.9 Å². The van der Waals surface area contributed by atoms with E-state index in [4.69, 9.17) is 15.9 Å². The van der Waals surface area contributed by atoms with Gasteiger partial charge < -0.3 is 20.7 Å². The van der Waals surface area contributed by atoms with Crippen molar-refractivity contribution in [3.05, 3.63) is 0 Å². The number of esters is 1. The number of aliphatic carboxylic acids is 2. The van der Waals surface area contributed by atoms with Crippen LogP contribution in [-0.2, 0) is 23.9 Å². The Morgan fingerprint density at radius 1 is 1.11 bits per heavy atom. The smallest absolute Gasteiger partial charge is 0.327 e. The maximum absolute atomic E-state index is 13.9. The molecule has 0 amide bonds. The van der Waals surface area contributed by atoms with Crippen LogP contribution in [0.25, 0.3) is 0 Å². The molecule has 0 spiro atoms. The molecule has 10 heteroatoms. The fourth-order valence-corrected chi connectivity index (χ4v) is 5.24. The first kappa shape index (κ1) is 20.6. The van der Waals surface area contributed by atoms with E-state index in [0.29, 0.717) is 0 Å². The summed E-state index contributed by atoms with van der Waals surface area (Å²) >= 11 is 0. The second-order valence-corrected chi connectivity index (χ2v) is 8.63. The highest BCUT2D eigenvalue weighted by atomic mass is 19.1. The summed E-state index contributed by atoms with van der Waals surface area (Å²) in [6.45, 7) is 2.42. The van der Waals surface area contributed by atoms with Crippen molar-refractivity contribution in [3.8, 4) is 0 Å². The Hall–Kier alpha value is -2.10. The first-order valence-corrected chi connectivity index (χ1v) is 8.97. The summed E-state index contributed by atoms with van der Waals surface area (Å²) in [5.41, 5.74) is -0.236. The normalized spacial score (nSPS) is 50.0. The number of carbonyl (C=O) groups is 4. The Bertz CT molecular complexity index is 767. The first-order chi connectivity index (χ1) is 12.7. The van der Waals surface area contributed by atoms with Gasteiger partial charge >= 0.3 is 17.9 Å². The van der Waals surface area contributed by atoms with Crippen molar-refractivity contribution >= 4 is 23.7 Å². The van der Waals surface area contributed by atoms with E-state index < -0.39 is 58.3 Å². The minimum Gasteiger partial charge on any atom is -0.481 e. The van der Waals surface area contributed by atoms with Crippen molar-refractivity contribution in [2.24, 2.45) is 41.2 Å². The summed E-state index contributed by atoms with van der Waals surface area (Å²) in [4.78, 5) is 44.1. The Balaban J connectivity index is 0.000000162. The van der Waals surface area contributed by atoms with Crippen LogP contribution in [0.15, 0.2) is 0 Å². The first-order valence-electron chi connectivity index (χ1n) is 8.97. The number of Topliss-reactive ketones (excluding diaryl/α,β-unsaturated/α-hetero) is 1. The lowest BCUT2D eigenvalue weighted by molar-refractivity contribution is -0.151. The largest absolute Gasteiger partial charge is 0.481 e. The highest BCUT2D eigenvalue weighted by Crippen LogP contribution is 2.66. The molecule has 0 aromatic carbocycles. The number of hydrogen-bond donors (Lipinski definition) is 3. The second kappa shape index (κ2) is 5.95. The SMILES string of the molecule is CC1(F)CC2C(C(=O)O)C2C1(N)C(=O)O.COC(=O)C1C2CC(C)(F)C(=O)C21. The van der Waals surface area contributed by atoms with Gasteiger partial charge in [0.1, 0.15) is 5.67 Å². The van der Waals surface area contributed by atoms with Gasteiger partial charge in [-0.1, -0.05) is 0 Å². The van der Waals surface area contributed by atoms with Crippen LogP contribution in [0.3, 0.4) is 0 Å². The molecule has 4 rings (SSSR count). The molecule has 0 aromatic heterocycles. The average Bonchev–Trinajstić information content (AvgIpc) is 3.42. The standard InChI is InChI=1S/C9H12FNO4.C9H11FO3/c1-8(10)2-3-4(6(12)13)5(3)9(8,11)7(14)15;1-9(10)3-4-5(7(9)11)6(4)8(12)13-2/h3-5H,2,11H2,1H3,(H,12,13)(H,14,15);4-6H,3H2,1-2H3. The van der Waals surface area contributed by atoms with Crippen LogP contribution in [0.1, 0.15) is 26.7 Å². The molecule has 28 heavy (non-hydrogen) atoms. The number of halogens is 2. The van der Waals surface area contributed by atoms with Crippen molar-refractivity contribution in [1.82, 2.24) is 0 Å². The molecule has 0 aliphatic heterocycles. The number of carboxylic acids is 2. The van der Waals surface area contributed by atoms with Crippen molar-refractivity contribution in [3.63, 3.8) is 0 Å². The zero-order valence-corrected chi connectivity index (χ0v) is 15.6. The van der Waals surface area contributed by atoms with E-state index >= 15 is 0 Å². The van der Waals surface area contributed by atoms with Gasteiger partial charge in [-0.05, 0) is 38.5 Å². The zero-order chi connectivity index (χ0) is 21.4. The zero-order valence-electron chi connectivity index (χ0n) is 15.6. The summed E-state index contributed by atoms with van der Waals surface area (Å²) in [6, 6.07) is 0. The molecule has 156 valence electrons. The quantitative estimate of drug-likeness (QED) is 0.580. The number of ether oxygens (including phenoxy) is 1. The number of carboxylic acid groups (broad SMARTS) is 2. The molecule has 0 aromatic rings. The Labute approximate surface area is 159 Å². The predicted molar refractivity (Wildman–Crippen MR) is 88.4 cm³/mol. The van der Waals surface area contributed by atoms with Crippen LogP contribution in [0, 0.1) is 35.5 Å². The van der Waals surface area contributed by atoms with Gasteiger partial charge in [0.2, 0.25) is 0 Å². The van der Waals surface area contributed by atoms with Crippen molar-refractivity contribution in [1.29, 1.82) is 0 Å². The summed E-state index contributed by atoms with van der Waals surface area (Å²) in [5, 5.41) is 17.7. The lowest BCUT2D eigenvalue weighted by Gasteiger charge is -2.33. The summed E-state index contributed by atoms with van der Waals surface area (Å²) < 4.78 is 31.8.